The van der Waals surface area contributed by atoms with Crippen LogP contribution in [-0.2, 0) is 14.8 Å². The van der Waals surface area contributed by atoms with Gasteiger partial charge in [-0.05, 0) is 55.2 Å². The van der Waals surface area contributed by atoms with Crippen molar-refractivity contribution in [2.75, 3.05) is 31.5 Å². The number of hydrogen-bond acceptors (Lipinski definition) is 4. The van der Waals surface area contributed by atoms with E-state index in [1.54, 1.807) is 0 Å². The lowest BCUT2D eigenvalue weighted by atomic mass is 9.97. The molecule has 0 bridgehead atoms. The summed E-state index contributed by atoms with van der Waals surface area (Å²) in [5.41, 5.74) is 1.94. The number of sulfonamides is 1. The summed E-state index contributed by atoms with van der Waals surface area (Å²) in [6, 6.07) is 12.3. The van der Waals surface area contributed by atoms with Gasteiger partial charge in [-0.25, -0.2) is 12.8 Å². The minimum atomic E-state index is -3.68. The van der Waals surface area contributed by atoms with Crippen LogP contribution in [0.5, 0.6) is 0 Å². The van der Waals surface area contributed by atoms with E-state index in [0.29, 0.717) is 19.0 Å². The van der Waals surface area contributed by atoms with Crippen LogP contribution in [-0.4, -0.2) is 55.8 Å². The lowest BCUT2D eigenvalue weighted by Crippen LogP contribution is -2.53. The predicted molar refractivity (Wildman–Crippen MR) is 120 cm³/mol. The maximum atomic E-state index is 13.1. The van der Waals surface area contributed by atoms with Crippen LogP contribution in [0.1, 0.15) is 38.7 Å². The maximum Gasteiger partial charge on any atom is 0.243 e. The number of carbonyl (C=O) groups is 1. The Hall–Kier alpha value is -2.29. The zero-order chi connectivity index (χ0) is 22.6. The number of hydrogen-bond donors (Lipinski definition) is 1. The highest BCUT2D eigenvalue weighted by molar-refractivity contribution is 7.89. The average Bonchev–Trinajstić information content (AvgIpc) is 2.78. The molecule has 168 valence electrons. The van der Waals surface area contributed by atoms with Gasteiger partial charge in [0.1, 0.15) is 5.82 Å². The van der Waals surface area contributed by atoms with Gasteiger partial charge < -0.3 is 5.32 Å². The SMILES string of the molecule is CC[C@H](C)c1ccccc1NC(=O)[C@H](C)N1CCN(S(=O)(=O)c2ccc(F)cc2)CC1. The molecule has 0 aromatic heterocycles. The molecule has 2 aromatic carbocycles. The summed E-state index contributed by atoms with van der Waals surface area (Å²) in [6.45, 7) is 7.54. The van der Waals surface area contributed by atoms with Gasteiger partial charge in [0, 0.05) is 31.9 Å². The zero-order valence-electron chi connectivity index (χ0n) is 18.2. The predicted octanol–water partition coefficient (Wildman–Crippen LogP) is 3.67. The highest BCUT2D eigenvalue weighted by Gasteiger charge is 2.32. The largest absolute Gasteiger partial charge is 0.324 e. The van der Waals surface area contributed by atoms with Crippen LogP contribution >= 0.6 is 0 Å². The number of anilines is 1. The zero-order valence-corrected chi connectivity index (χ0v) is 19.0. The number of piperazine rings is 1. The van der Waals surface area contributed by atoms with Gasteiger partial charge in [0.15, 0.2) is 0 Å². The number of carbonyl (C=O) groups excluding carboxylic acids is 1. The summed E-state index contributed by atoms with van der Waals surface area (Å²) >= 11 is 0. The van der Waals surface area contributed by atoms with E-state index in [2.05, 4.69) is 19.2 Å². The molecule has 1 aliphatic rings. The Morgan fingerprint density at radius 1 is 1.03 bits per heavy atom. The molecule has 2 aromatic rings. The first-order valence-corrected chi connectivity index (χ1v) is 12.1. The number of nitrogens with one attached hydrogen (secondary N) is 1. The molecule has 1 aliphatic heterocycles. The standard InChI is InChI=1S/C23H30FN3O3S/c1-4-17(2)21-7-5-6-8-22(21)25-23(28)18(3)26-13-15-27(16-14-26)31(29,30)20-11-9-19(24)10-12-20/h5-12,17-18H,4,13-16H2,1-3H3,(H,25,28)/t17-,18-/m0/s1. The Bertz CT molecular complexity index is 1000. The van der Waals surface area contributed by atoms with Crippen LogP contribution in [0.3, 0.4) is 0 Å². The van der Waals surface area contributed by atoms with Crippen molar-refractivity contribution < 1.29 is 17.6 Å². The minimum absolute atomic E-state index is 0.0785. The Morgan fingerprint density at radius 3 is 2.26 bits per heavy atom. The van der Waals surface area contributed by atoms with Crippen molar-refractivity contribution >= 4 is 21.6 Å². The summed E-state index contributed by atoms with van der Waals surface area (Å²) < 4.78 is 40.1. The van der Waals surface area contributed by atoms with Crippen LogP contribution in [0.2, 0.25) is 0 Å². The number of rotatable bonds is 7. The topological polar surface area (TPSA) is 69.7 Å². The Morgan fingerprint density at radius 2 is 1.65 bits per heavy atom. The molecule has 2 atom stereocenters. The van der Waals surface area contributed by atoms with E-state index in [1.807, 2.05) is 36.1 Å². The van der Waals surface area contributed by atoms with Gasteiger partial charge in [-0.15, -0.1) is 0 Å². The first-order valence-electron chi connectivity index (χ1n) is 10.6. The molecule has 0 spiro atoms. The summed E-state index contributed by atoms with van der Waals surface area (Å²) in [5.74, 6) is -0.240. The minimum Gasteiger partial charge on any atom is -0.324 e. The van der Waals surface area contributed by atoms with E-state index in [4.69, 9.17) is 0 Å². The number of amides is 1. The van der Waals surface area contributed by atoms with Crippen molar-refractivity contribution in [3.05, 3.63) is 59.9 Å². The molecule has 8 heteroatoms. The van der Waals surface area contributed by atoms with E-state index >= 15 is 0 Å². The fourth-order valence-corrected chi connectivity index (χ4v) is 5.17. The van der Waals surface area contributed by atoms with Gasteiger partial charge in [-0.2, -0.15) is 4.31 Å². The van der Waals surface area contributed by atoms with Gasteiger partial charge in [0.25, 0.3) is 0 Å². The smallest absolute Gasteiger partial charge is 0.243 e. The molecule has 1 N–H and O–H groups in total. The quantitative estimate of drug-likeness (QED) is 0.703. The molecule has 0 saturated carbocycles. The monoisotopic (exact) mass is 447 g/mol. The third-order valence-electron chi connectivity index (χ3n) is 6.01. The lowest BCUT2D eigenvalue weighted by Gasteiger charge is -2.36. The Labute approximate surface area is 184 Å². The van der Waals surface area contributed by atoms with Gasteiger partial charge in [0.2, 0.25) is 15.9 Å². The van der Waals surface area contributed by atoms with Crippen molar-refractivity contribution in [1.82, 2.24) is 9.21 Å². The van der Waals surface area contributed by atoms with Gasteiger partial charge in [-0.1, -0.05) is 32.0 Å². The highest BCUT2D eigenvalue weighted by Crippen LogP contribution is 2.27. The van der Waals surface area contributed by atoms with Gasteiger partial charge >= 0.3 is 0 Å². The maximum absolute atomic E-state index is 13.1. The molecule has 1 amide bonds. The number of nitrogens with zero attached hydrogens (tertiary/aromatic N) is 2. The number of halogens is 1. The third kappa shape index (κ3) is 5.31. The third-order valence-corrected chi connectivity index (χ3v) is 7.93. The molecule has 3 rings (SSSR count). The fourth-order valence-electron chi connectivity index (χ4n) is 3.75. The molecule has 0 aliphatic carbocycles. The second kappa shape index (κ2) is 9.89. The van der Waals surface area contributed by atoms with Crippen LogP contribution in [0.25, 0.3) is 0 Å². The van der Waals surface area contributed by atoms with Crippen molar-refractivity contribution in [2.24, 2.45) is 0 Å². The Kier molecular flexibility index (Phi) is 7.46. The number of benzene rings is 2. The first-order chi connectivity index (χ1) is 14.7. The first kappa shape index (κ1) is 23.4. The van der Waals surface area contributed by atoms with E-state index in [1.165, 1.54) is 16.4 Å². The summed E-state index contributed by atoms with van der Waals surface area (Å²) in [5, 5.41) is 3.05. The van der Waals surface area contributed by atoms with Gasteiger partial charge in [0.05, 0.1) is 10.9 Å². The van der Waals surface area contributed by atoms with Crippen molar-refractivity contribution in [3.63, 3.8) is 0 Å². The van der Waals surface area contributed by atoms with Crippen molar-refractivity contribution in [1.29, 1.82) is 0 Å². The lowest BCUT2D eigenvalue weighted by molar-refractivity contribution is -0.121. The van der Waals surface area contributed by atoms with Gasteiger partial charge in [-0.3, -0.25) is 9.69 Å². The molecule has 0 unspecified atom stereocenters. The molecule has 1 heterocycles. The molecule has 1 fully saturated rings. The van der Waals surface area contributed by atoms with E-state index < -0.39 is 15.8 Å². The summed E-state index contributed by atoms with van der Waals surface area (Å²) in [4.78, 5) is 14.9. The van der Waals surface area contributed by atoms with E-state index in [-0.39, 0.29) is 29.9 Å². The number of para-hydroxylation sites is 1. The Balaban J connectivity index is 1.62. The molecular formula is C23H30FN3O3S. The fraction of sp³-hybridized carbons (Fsp3) is 0.435. The molecule has 6 nitrogen and oxygen atoms in total. The summed E-state index contributed by atoms with van der Waals surface area (Å²) in [6.07, 6.45) is 0.979. The van der Waals surface area contributed by atoms with Crippen molar-refractivity contribution in [2.45, 2.75) is 44.0 Å². The van der Waals surface area contributed by atoms with Crippen LogP contribution in [0.4, 0.5) is 10.1 Å². The van der Waals surface area contributed by atoms with E-state index in [0.717, 1.165) is 29.8 Å². The molecular weight excluding hydrogens is 417 g/mol. The second-order valence-electron chi connectivity index (χ2n) is 7.96. The highest BCUT2D eigenvalue weighted by atomic mass is 32.2. The van der Waals surface area contributed by atoms with Crippen LogP contribution in [0, 0.1) is 5.82 Å². The molecule has 31 heavy (non-hydrogen) atoms. The van der Waals surface area contributed by atoms with Crippen LogP contribution < -0.4 is 5.32 Å². The van der Waals surface area contributed by atoms with E-state index in [9.17, 15) is 17.6 Å². The second-order valence-corrected chi connectivity index (χ2v) is 9.89. The molecule has 1 saturated heterocycles. The summed E-state index contributed by atoms with van der Waals surface area (Å²) in [7, 11) is -3.68. The normalized spacial score (nSPS) is 17.8. The molecule has 0 radical (unpaired) electrons. The van der Waals surface area contributed by atoms with Crippen LogP contribution in [0.15, 0.2) is 53.4 Å². The average molecular weight is 448 g/mol. The van der Waals surface area contributed by atoms with Crippen molar-refractivity contribution in [3.8, 4) is 0 Å².